The van der Waals surface area contributed by atoms with Gasteiger partial charge in [0.1, 0.15) is 17.7 Å². The Hall–Kier alpha value is -2.60. The number of aromatic hydroxyl groups is 1. The zero-order valence-corrected chi connectivity index (χ0v) is 26.7. The minimum absolute atomic E-state index is 0.101. The lowest BCUT2D eigenvalue weighted by Gasteiger charge is -2.54. The van der Waals surface area contributed by atoms with Crippen molar-refractivity contribution in [2.45, 2.75) is 109 Å². The number of unbranched alkanes of at least 4 members (excludes halogenated alkanes) is 1. The summed E-state index contributed by atoms with van der Waals surface area (Å²) in [4.78, 5) is 15.9. The minimum atomic E-state index is -0.988. The Morgan fingerprint density at radius 1 is 1.05 bits per heavy atom. The zero-order chi connectivity index (χ0) is 30.8. The van der Waals surface area contributed by atoms with Gasteiger partial charge in [-0.1, -0.05) is 38.7 Å². The standard InChI is InChI=1S/C38H52FNO4/c1-3-44-30-15-12-26(13-16-30)37(43)40(24-25-9-5-4-6-10-25)20-8-7-11-27-21-28-22-29(41)14-17-31(28)36-33(39)23-38(2)32(35(27)36)18-19-34(38)42/h12-17,22,25,27,32-36,41-42H,3-11,18-21,23-24H2,1-2H3/t27?,32?,33?,34?,35?,36?,38-/m0/s1. The van der Waals surface area contributed by atoms with Crippen LogP contribution in [0.1, 0.15) is 112 Å². The lowest BCUT2D eigenvalue weighted by Crippen LogP contribution is -2.51. The quantitative estimate of drug-likeness (QED) is 0.269. The van der Waals surface area contributed by atoms with Crippen LogP contribution in [0.3, 0.4) is 0 Å². The van der Waals surface area contributed by atoms with E-state index in [-0.39, 0.29) is 28.9 Å². The summed E-state index contributed by atoms with van der Waals surface area (Å²) in [6.07, 6.45) is 10.6. The van der Waals surface area contributed by atoms with Crippen molar-refractivity contribution in [1.29, 1.82) is 0 Å². The highest BCUT2D eigenvalue weighted by Gasteiger charge is 2.59. The van der Waals surface area contributed by atoms with Crippen molar-refractivity contribution in [2.24, 2.45) is 29.1 Å². The number of fused-ring (bicyclic) bond motifs is 5. The van der Waals surface area contributed by atoms with Gasteiger partial charge in [0.2, 0.25) is 0 Å². The third kappa shape index (κ3) is 6.25. The normalized spacial score (nSPS) is 31.5. The van der Waals surface area contributed by atoms with E-state index in [9.17, 15) is 15.0 Å². The monoisotopic (exact) mass is 605 g/mol. The molecule has 0 aliphatic heterocycles. The fourth-order valence-corrected chi connectivity index (χ4v) is 9.74. The lowest BCUT2D eigenvalue weighted by atomic mass is 9.51. The first-order chi connectivity index (χ1) is 21.3. The van der Waals surface area contributed by atoms with E-state index in [1.807, 2.05) is 43.3 Å². The fraction of sp³-hybridized carbons (Fsp3) is 0.658. The number of hydrogen-bond acceptors (Lipinski definition) is 4. The predicted octanol–water partition coefficient (Wildman–Crippen LogP) is 8.08. The second-order valence-corrected chi connectivity index (χ2v) is 14.6. The van der Waals surface area contributed by atoms with E-state index in [4.69, 9.17) is 4.74 Å². The summed E-state index contributed by atoms with van der Waals surface area (Å²) in [5, 5.41) is 21.3. The molecular weight excluding hydrogens is 553 g/mol. The van der Waals surface area contributed by atoms with Gasteiger partial charge in [-0.3, -0.25) is 4.79 Å². The van der Waals surface area contributed by atoms with Gasteiger partial charge >= 0.3 is 0 Å². The number of aliphatic hydroxyl groups excluding tert-OH is 1. The summed E-state index contributed by atoms with van der Waals surface area (Å²) in [6, 6.07) is 13.1. The number of aliphatic hydroxyl groups is 1. The molecule has 5 nitrogen and oxygen atoms in total. The van der Waals surface area contributed by atoms with E-state index in [2.05, 4.69) is 11.8 Å². The molecule has 6 rings (SSSR count). The number of phenols is 1. The van der Waals surface area contributed by atoms with Crippen LogP contribution in [0.5, 0.6) is 11.5 Å². The first kappa shape index (κ1) is 31.4. The number of alkyl halides is 1. The van der Waals surface area contributed by atoms with Crippen LogP contribution >= 0.6 is 0 Å². The molecule has 1 amide bonds. The van der Waals surface area contributed by atoms with Gasteiger partial charge in [0.15, 0.2) is 0 Å². The van der Waals surface area contributed by atoms with Gasteiger partial charge in [-0.2, -0.15) is 0 Å². The van der Waals surface area contributed by atoms with E-state index >= 15 is 4.39 Å². The Morgan fingerprint density at radius 2 is 1.82 bits per heavy atom. The lowest BCUT2D eigenvalue weighted by molar-refractivity contribution is -0.0722. The molecule has 240 valence electrons. The van der Waals surface area contributed by atoms with Crippen LogP contribution in [-0.2, 0) is 6.42 Å². The third-order valence-electron chi connectivity index (χ3n) is 11.9. The molecule has 3 fully saturated rings. The fourth-order valence-electron chi connectivity index (χ4n) is 9.74. The largest absolute Gasteiger partial charge is 0.508 e. The molecule has 0 bridgehead atoms. The second-order valence-electron chi connectivity index (χ2n) is 14.6. The van der Waals surface area contributed by atoms with Crippen LogP contribution in [0.15, 0.2) is 42.5 Å². The van der Waals surface area contributed by atoms with Gasteiger partial charge in [-0.05, 0) is 135 Å². The van der Waals surface area contributed by atoms with Crippen LogP contribution in [0.2, 0.25) is 0 Å². The van der Waals surface area contributed by atoms with Crippen molar-refractivity contribution in [3.8, 4) is 11.5 Å². The number of amides is 1. The number of rotatable bonds is 10. The van der Waals surface area contributed by atoms with E-state index in [0.29, 0.717) is 36.3 Å². The van der Waals surface area contributed by atoms with E-state index in [1.165, 1.54) is 32.1 Å². The third-order valence-corrected chi connectivity index (χ3v) is 11.9. The van der Waals surface area contributed by atoms with Crippen LogP contribution < -0.4 is 4.74 Å². The molecule has 6 unspecified atom stereocenters. The van der Waals surface area contributed by atoms with Crippen LogP contribution in [0, 0.1) is 29.1 Å². The Kier molecular flexibility index (Phi) is 9.56. The first-order valence-corrected chi connectivity index (χ1v) is 17.4. The highest BCUT2D eigenvalue weighted by atomic mass is 19.1. The van der Waals surface area contributed by atoms with Crippen molar-refractivity contribution >= 4 is 5.91 Å². The van der Waals surface area contributed by atoms with Crippen molar-refractivity contribution < 1.29 is 24.1 Å². The number of ether oxygens (including phenoxy) is 1. The van der Waals surface area contributed by atoms with Crippen LogP contribution in [0.4, 0.5) is 4.39 Å². The Balaban J connectivity index is 1.16. The second kappa shape index (κ2) is 13.4. The molecule has 0 radical (unpaired) electrons. The molecule has 6 heteroatoms. The predicted molar refractivity (Wildman–Crippen MR) is 172 cm³/mol. The van der Waals surface area contributed by atoms with Crippen molar-refractivity contribution in [2.75, 3.05) is 19.7 Å². The molecule has 0 aromatic heterocycles. The van der Waals surface area contributed by atoms with Crippen LogP contribution in [-0.4, -0.2) is 53.0 Å². The van der Waals surface area contributed by atoms with Crippen molar-refractivity contribution in [1.82, 2.24) is 4.90 Å². The molecule has 4 aliphatic carbocycles. The maximum absolute atomic E-state index is 16.1. The summed E-state index contributed by atoms with van der Waals surface area (Å²) >= 11 is 0. The molecule has 2 aromatic carbocycles. The van der Waals surface area contributed by atoms with Gasteiger partial charge in [0, 0.05) is 24.6 Å². The number of carbonyl (C=O) groups excluding carboxylic acids is 1. The van der Waals surface area contributed by atoms with Gasteiger partial charge < -0.3 is 19.8 Å². The molecule has 2 N–H and O–H groups in total. The minimum Gasteiger partial charge on any atom is -0.508 e. The molecule has 3 saturated carbocycles. The SMILES string of the molecule is CCOc1ccc(C(=O)N(CCCCC2Cc3cc(O)ccc3C3C(F)C[C@]4(C)C(O)CCC4C23)CC2CCCCC2)cc1. The Morgan fingerprint density at radius 3 is 2.57 bits per heavy atom. The molecule has 2 aromatic rings. The molecule has 0 heterocycles. The highest BCUT2D eigenvalue weighted by Crippen LogP contribution is 2.63. The van der Waals surface area contributed by atoms with Gasteiger partial charge in [-0.25, -0.2) is 4.39 Å². The molecule has 7 atom stereocenters. The molecule has 0 saturated heterocycles. The number of hydrogen-bond donors (Lipinski definition) is 2. The summed E-state index contributed by atoms with van der Waals surface area (Å²) in [5.41, 5.74) is 2.50. The maximum atomic E-state index is 16.1. The van der Waals surface area contributed by atoms with Crippen LogP contribution in [0.25, 0.3) is 0 Å². The van der Waals surface area contributed by atoms with Gasteiger partial charge in [0.25, 0.3) is 5.91 Å². The Bertz CT molecular complexity index is 1280. The molecular formula is C38H52FNO4. The van der Waals surface area contributed by atoms with E-state index in [1.54, 1.807) is 6.07 Å². The average Bonchev–Trinajstić information content (AvgIpc) is 3.32. The summed E-state index contributed by atoms with van der Waals surface area (Å²) < 4.78 is 21.7. The van der Waals surface area contributed by atoms with Gasteiger partial charge in [0.05, 0.1) is 12.7 Å². The van der Waals surface area contributed by atoms with Crippen molar-refractivity contribution in [3.63, 3.8) is 0 Å². The summed E-state index contributed by atoms with van der Waals surface area (Å²) in [5.74, 6) is 2.34. The molecule has 44 heavy (non-hydrogen) atoms. The summed E-state index contributed by atoms with van der Waals surface area (Å²) in [6.45, 7) is 6.22. The average molecular weight is 606 g/mol. The number of halogens is 1. The highest BCUT2D eigenvalue weighted by molar-refractivity contribution is 5.94. The van der Waals surface area contributed by atoms with E-state index < -0.39 is 12.3 Å². The number of phenolic OH excluding ortho intramolecular Hbond substituents is 1. The number of carbonyl (C=O) groups is 1. The zero-order valence-electron chi connectivity index (χ0n) is 26.7. The van der Waals surface area contributed by atoms with Crippen molar-refractivity contribution in [3.05, 3.63) is 59.2 Å². The summed E-state index contributed by atoms with van der Waals surface area (Å²) in [7, 11) is 0. The van der Waals surface area contributed by atoms with Gasteiger partial charge in [-0.15, -0.1) is 0 Å². The van der Waals surface area contributed by atoms with E-state index in [0.717, 1.165) is 68.5 Å². The first-order valence-electron chi connectivity index (χ1n) is 17.4. The maximum Gasteiger partial charge on any atom is 0.253 e. The molecule has 0 spiro atoms. The smallest absolute Gasteiger partial charge is 0.253 e. The number of nitrogens with zero attached hydrogens (tertiary/aromatic N) is 1. The Labute approximate surface area is 263 Å². The number of benzene rings is 2. The molecule has 4 aliphatic rings. The topological polar surface area (TPSA) is 70.0 Å².